The largest absolute Gasteiger partial charge is 0.493 e. The molecule has 0 saturated carbocycles. The molecule has 0 saturated heterocycles. The normalized spacial score (nSPS) is 10.3. The highest BCUT2D eigenvalue weighted by atomic mass is 16.5. The Hall–Kier alpha value is -2.08. The molecule has 1 N–H and O–H groups in total. The van der Waals surface area contributed by atoms with Gasteiger partial charge in [-0.3, -0.25) is 0 Å². The lowest BCUT2D eigenvalue weighted by molar-refractivity contribution is 0.269. The summed E-state index contributed by atoms with van der Waals surface area (Å²) in [6, 6.07) is 5.78. The van der Waals surface area contributed by atoms with Crippen LogP contribution in [-0.4, -0.2) is 24.3 Å². The van der Waals surface area contributed by atoms with Crippen LogP contribution in [0.2, 0.25) is 0 Å². The maximum absolute atomic E-state index is 5.58. The first-order valence-corrected chi connectivity index (χ1v) is 5.53. The molecule has 1 aromatic carbocycles. The fourth-order valence-corrected chi connectivity index (χ4v) is 1.54. The van der Waals surface area contributed by atoms with Crippen LogP contribution in [-0.2, 0) is 13.2 Å². The van der Waals surface area contributed by atoms with Crippen LogP contribution in [0.1, 0.15) is 11.4 Å². The monoisotopic (exact) mass is 249 g/mol. The Labute approximate surface area is 105 Å². The predicted molar refractivity (Wildman–Crippen MR) is 64.4 cm³/mol. The molecular formula is C12H15N3O3. The Morgan fingerprint density at radius 3 is 2.89 bits per heavy atom. The SMILES string of the molecule is CNCc1ccc(OCc2ncon2)c(OC)c1. The average Bonchev–Trinajstić information content (AvgIpc) is 2.90. The van der Waals surface area contributed by atoms with Crippen molar-refractivity contribution >= 4 is 0 Å². The van der Waals surface area contributed by atoms with E-state index in [0.717, 1.165) is 12.1 Å². The summed E-state index contributed by atoms with van der Waals surface area (Å²) in [5.74, 6) is 1.84. The van der Waals surface area contributed by atoms with Gasteiger partial charge in [0.1, 0.15) is 0 Å². The van der Waals surface area contributed by atoms with Crippen molar-refractivity contribution < 1.29 is 14.0 Å². The molecule has 1 aromatic heterocycles. The van der Waals surface area contributed by atoms with Gasteiger partial charge in [-0.2, -0.15) is 4.98 Å². The third kappa shape index (κ3) is 2.98. The molecule has 0 aliphatic rings. The van der Waals surface area contributed by atoms with Crippen molar-refractivity contribution in [1.82, 2.24) is 15.5 Å². The number of benzene rings is 1. The quantitative estimate of drug-likeness (QED) is 0.834. The van der Waals surface area contributed by atoms with Gasteiger partial charge in [-0.25, -0.2) is 0 Å². The van der Waals surface area contributed by atoms with Crippen LogP contribution in [0, 0.1) is 0 Å². The van der Waals surface area contributed by atoms with Crippen molar-refractivity contribution in [3.8, 4) is 11.5 Å². The molecule has 0 aliphatic carbocycles. The van der Waals surface area contributed by atoms with Crippen molar-refractivity contribution in [2.24, 2.45) is 0 Å². The molecule has 2 rings (SSSR count). The summed E-state index contributed by atoms with van der Waals surface area (Å²) in [5.41, 5.74) is 1.13. The highest BCUT2D eigenvalue weighted by Gasteiger charge is 2.07. The summed E-state index contributed by atoms with van der Waals surface area (Å²) in [5, 5.41) is 6.75. The molecule has 96 valence electrons. The molecule has 0 aliphatic heterocycles. The zero-order chi connectivity index (χ0) is 12.8. The van der Waals surface area contributed by atoms with E-state index in [0.29, 0.717) is 17.3 Å². The smallest absolute Gasteiger partial charge is 0.213 e. The topological polar surface area (TPSA) is 69.4 Å². The van der Waals surface area contributed by atoms with E-state index < -0.39 is 0 Å². The van der Waals surface area contributed by atoms with Gasteiger partial charge >= 0.3 is 0 Å². The van der Waals surface area contributed by atoms with Crippen LogP contribution in [0.3, 0.4) is 0 Å². The minimum absolute atomic E-state index is 0.248. The molecule has 0 fully saturated rings. The van der Waals surface area contributed by atoms with Gasteiger partial charge in [-0.1, -0.05) is 11.2 Å². The van der Waals surface area contributed by atoms with E-state index in [4.69, 9.17) is 9.47 Å². The Morgan fingerprint density at radius 2 is 2.22 bits per heavy atom. The van der Waals surface area contributed by atoms with Crippen LogP contribution in [0.15, 0.2) is 29.1 Å². The molecule has 2 aromatic rings. The van der Waals surface area contributed by atoms with Crippen LogP contribution < -0.4 is 14.8 Å². The summed E-state index contributed by atoms with van der Waals surface area (Å²) < 4.78 is 15.5. The second-order valence-electron chi connectivity index (χ2n) is 3.65. The van der Waals surface area contributed by atoms with Gasteiger partial charge in [-0.05, 0) is 24.7 Å². The Morgan fingerprint density at radius 1 is 1.33 bits per heavy atom. The molecule has 18 heavy (non-hydrogen) atoms. The van der Waals surface area contributed by atoms with Crippen LogP contribution in [0.5, 0.6) is 11.5 Å². The fourth-order valence-electron chi connectivity index (χ4n) is 1.54. The van der Waals surface area contributed by atoms with E-state index in [9.17, 15) is 0 Å². The number of nitrogens with one attached hydrogen (secondary N) is 1. The first-order chi connectivity index (χ1) is 8.83. The lowest BCUT2D eigenvalue weighted by atomic mass is 10.2. The Kier molecular flexibility index (Phi) is 4.14. The van der Waals surface area contributed by atoms with Crippen molar-refractivity contribution in [3.63, 3.8) is 0 Å². The molecule has 0 amide bonds. The van der Waals surface area contributed by atoms with Gasteiger partial charge < -0.3 is 19.3 Å². The molecule has 6 nitrogen and oxygen atoms in total. The molecular weight excluding hydrogens is 234 g/mol. The van der Waals surface area contributed by atoms with Gasteiger partial charge in [0.05, 0.1) is 7.11 Å². The zero-order valence-corrected chi connectivity index (χ0v) is 10.3. The Balaban J connectivity index is 2.07. The van der Waals surface area contributed by atoms with Gasteiger partial charge in [-0.15, -0.1) is 0 Å². The minimum Gasteiger partial charge on any atom is -0.493 e. The highest BCUT2D eigenvalue weighted by molar-refractivity contribution is 5.42. The molecule has 0 radical (unpaired) electrons. The summed E-state index contributed by atoms with van der Waals surface area (Å²) in [6.07, 6.45) is 1.27. The van der Waals surface area contributed by atoms with Gasteiger partial charge in [0.25, 0.3) is 0 Å². The van der Waals surface area contributed by atoms with Gasteiger partial charge in [0, 0.05) is 6.54 Å². The van der Waals surface area contributed by atoms with E-state index in [2.05, 4.69) is 20.0 Å². The highest BCUT2D eigenvalue weighted by Crippen LogP contribution is 2.28. The predicted octanol–water partition coefficient (Wildman–Crippen LogP) is 1.38. The summed E-state index contributed by atoms with van der Waals surface area (Å²) in [7, 11) is 3.51. The lowest BCUT2D eigenvalue weighted by Crippen LogP contribution is -2.05. The first kappa shape index (κ1) is 12.4. The maximum Gasteiger partial charge on any atom is 0.213 e. The molecule has 0 spiro atoms. The number of methoxy groups -OCH3 is 1. The fraction of sp³-hybridized carbons (Fsp3) is 0.333. The third-order valence-corrected chi connectivity index (χ3v) is 2.37. The number of nitrogens with zero attached hydrogens (tertiary/aromatic N) is 2. The number of ether oxygens (including phenoxy) is 2. The molecule has 0 unspecified atom stereocenters. The maximum atomic E-state index is 5.58. The second-order valence-corrected chi connectivity index (χ2v) is 3.65. The summed E-state index contributed by atoms with van der Waals surface area (Å²) >= 11 is 0. The van der Waals surface area contributed by atoms with Gasteiger partial charge in [0.15, 0.2) is 18.1 Å². The number of hydrogen-bond acceptors (Lipinski definition) is 6. The van der Waals surface area contributed by atoms with Crippen molar-refractivity contribution in [2.45, 2.75) is 13.2 Å². The van der Waals surface area contributed by atoms with Crippen molar-refractivity contribution in [3.05, 3.63) is 36.0 Å². The van der Waals surface area contributed by atoms with Crippen LogP contribution in [0.4, 0.5) is 0 Å². The van der Waals surface area contributed by atoms with E-state index in [-0.39, 0.29) is 6.61 Å². The lowest BCUT2D eigenvalue weighted by Gasteiger charge is -2.10. The average molecular weight is 249 g/mol. The number of rotatable bonds is 6. The Bertz CT molecular complexity index is 485. The van der Waals surface area contributed by atoms with Crippen LogP contribution >= 0.6 is 0 Å². The van der Waals surface area contributed by atoms with E-state index in [1.165, 1.54) is 6.39 Å². The van der Waals surface area contributed by atoms with Crippen LogP contribution in [0.25, 0.3) is 0 Å². The molecule has 0 bridgehead atoms. The summed E-state index contributed by atoms with van der Waals surface area (Å²) in [4.78, 5) is 3.88. The molecule has 0 atom stereocenters. The van der Waals surface area contributed by atoms with E-state index in [1.807, 2.05) is 25.2 Å². The number of hydrogen-bond donors (Lipinski definition) is 1. The van der Waals surface area contributed by atoms with E-state index >= 15 is 0 Å². The first-order valence-electron chi connectivity index (χ1n) is 5.53. The minimum atomic E-state index is 0.248. The molecule has 1 heterocycles. The summed E-state index contributed by atoms with van der Waals surface area (Å²) in [6.45, 7) is 1.03. The standard InChI is InChI=1S/C12H15N3O3/c1-13-6-9-3-4-10(11(5-9)16-2)17-7-12-14-8-18-15-12/h3-5,8,13H,6-7H2,1-2H3. The van der Waals surface area contributed by atoms with Gasteiger partial charge in [0.2, 0.25) is 12.2 Å². The second kappa shape index (κ2) is 6.02. The van der Waals surface area contributed by atoms with Crippen molar-refractivity contribution in [2.75, 3.05) is 14.2 Å². The van der Waals surface area contributed by atoms with E-state index in [1.54, 1.807) is 7.11 Å². The van der Waals surface area contributed by atoms with Crippen molar-refractivity contribution in [1.29, 1.82) is 0 Å². The molecule has 6 heteroatoms. The number of aromatic nitrogens is 2. The third-order valence-electron chi connectivity index (χ3n) is 2.37. The zero-order valence-electron chi connectivity index (χ0n) is 10.3.